The number of hydrogen-bond donors (Lipinski definition) is 3. The van der Waals surface area contributed by atoms with Crippen LogP contribution in [0.25, 0.3) is 17.0 Å². The highest BCUT2D eigenvalue weighted by Crippen LogP contribution is 2.46. The van der Waals surface area contributed by atoms with Crippen LogP contribution < -0.4 is 5.32 Å². The van der Waals surface area contributed by atoms with Gasteiger partial charge in [0.15, 0.2) is 10.8 Å². The second kappa shape index (κ2) is 7.54. The van der Waals surface area contributed by atoms with Crippen molar-refractivity contribution >= 4 is 40.4 Å². The Morgan fingerprint density at radius 2 is 2.09 bits per heavy atom. The van der Waals surface area contributed by atoms with Crippen molar-refractivity contribution in [3.63, 3.8) is 0 Å². The fourth-order valence-corrected chi connectivity index (χ4v) is 4.73. The normalized spacial score (nSPS) is 17.0. The highest BCUT2D eigenvalue weighted by Gasteiger charge is 2.43. The van der Waals surface area contributed by atoms with Gasteiger partial charge in [0.05, 0.1) is 40.8 Å². The van der Waals surface area contributed by atoms with E-state index in [2.05, 4.69) is 44.4 Å². The average molecular weight is 472 g/mol. The van der Waals surface area contributed by atoms with E-state index in [1.165, 1.54) is 6.20 Å². The van der Waals surface area contributed by atoms with Crippen LogP contribution >= 0.6 is 23.2 Å². The first-order chi connectivity index (χ1) is 15.3. The summed E-state index contributed by atoms with van der Waals surface area (Å²) in [6.45, 7) is 3.99. The second-order valence-corrected chi connectivity index (χ2v) is 9.21. The third-order valence-electron chi connectivity index (χ3n) is 5.68. The molecule has 1 amide bonds. The van der Waals surface area contributed by atoms with Crippen molar-refractivity contribution in [1.82, 2.24) is 29.8 Å². The number of fused-ring (bicyclic) bond motifs is 3. The zero-order chi connectivity index (χ0) is 22.6. The van der Waals surface area contributed by atoms with Crippen LogP contribution in [-0.4, -0.2) is 40.8 Å². The number of amides is 1. The Morgan fingerprint density at radius 1 is 1.28 bits per heavy atom. The van der Waals surface area contributed by atoms with E-state index >= 15 is 0 Å². The number of carbonyl (C=O) groups excluding carboxylic acids is 1. The lowest BCUT2D eigenvalue weighted by molar-refractivity contribution is -0.117. The number of nitrogens with zero attached hydrogens (tertiary/aromatic N) is 5. The van der Waals surface area contributed by atoms with Gasteiger partial charge in [-0.25, -0.2) is 9.50 Å². The SMILES string of the molecule is CC1(C)CC(C(=O)Nc2cnc(-c3cc(CO)[nH]n3)c(Cl)c2)c2cnc3cc(Cl)nn3c21. The molecule has 5 rings (SSSR count). The molecule has 1 aliphatic carbocycles. The van der Waals surface area contributed by atoms with Gasteiger partial charge in [0.2, 0.25) is 5.91 Å². The Kier molecular flexibility index (Phi) is 4.92. The van der Waals surface area contributed by atoms with Crippen molar-refractivity contribution in [2.45, 2.75) is 38.2 Å². The number of nitrogens with one attached hydrogen (secondary N) is 2. The largest absolute Gasteiger partial charge is 0.390 e. The van der Waals surface area contributed by atoms with Gasteiger partial charge in [-0.1, -0.05) is 37.0 Å². The molecule has 1 unspecified atom stereocenters. The van der Waals surface area contributed by atoms with Crippen molar-refractivity contribution < 1.29 is 9.90 Å². The molecule has 1 aliphatic rings. The number of aromatic amines is 1. The number of rotatable bonds is 4. The summed E-state index contributed by atoms with van der Waals surface area (Å²) < 4.78 is 1.72. The van der Waals surface area contributed by atoms with Gasteiger partial charge in [0.25, 0.3) is 0 Å². The summed E-state index contributed by atoms with van der Waals surface area (Å²) in [4.78, 5) is 22.0. The Bertz CT molecular complexity index is 1360. The summed E-state index contributed by atoms with van der Waals surface area (Å²) in [7, 11) is 0. The van der Waals surface area contributed by atoms with Crippen LogP contribution in [0.15, 0.2) is 30.6 Å². The van der Waals surface area contributed by atoms with E-state index in [1.807, 2.05) is 0 Å². The summed E-state index contributed by atoms with van der Waals surface area (Å²) in [5.41, 5.74) is 4.10. The fraction of sp³-hybridized carbons (Fsp3) is 0.286. The summed E-state index contributed by atoms with van der Waals surface area (Å²) >= 11 is 12.5. The van der Waals surface area contributed by atoms with Gasteiger partial charge in [-0.05, 0) is 18.6 Å². The number of hydrogen-bond acceptors (Lipinski definition) is 6. The fourth-order valence-electron chi connectivity index (χ4n) is 4.29. The minimum absolute atomic E-state index is 0.163. The molecule has 0 radical (unpaired) electrons. The van der Waals surface area contributed by atoms with E-state index < -0.39 is 5.92 Å². The van der Waals surface area contributed by atoms with Crippen LogP contribution in [-0.2, 0) is 16.8 Å². The van der Waals surface area contributed by atoms with Crippen LogP contribution in [0.5, 0.6) is 0 Å². The molecular formula is C21H19Cl2N7O2. The molecule has 0 aromatic carbocycles. The molecule has 0 aliphatic heterocycles. The highest BCUT2D eigenvalue weighted by atomic mass is 35.5. The van der Waals surface area contributed by atoms with Gasteiger partial charge in [-0.3, -0.25) is 14.9 Å². The van der Waals surface area contributed by atoms with Crippen molar-refractivity contribution in [3.05, 3.63) is 57.7 Å². The lowest BCUT2D eigenvalue weighted by Gasteiger charge is -2.19. The van der Waals surface area contributed by atoms with E-state index in [4.69, 9.17) is 23.2 Å². The molecule has 3 N–H and O–H groups in total. The van der Waals surface area contributed by atoms with Crippen LogP contribution in [0.3, 0.4) is 0 Å². The summed E-state index contributed by atoms with van der Waals surface area (Å²) in [6.07, 6.45) is 3.86. The zero-order valence-corrected chi connectivity index (χ0v) is 18.7. The second-order valence-electron chi connectivity index (χ2n) is 8.42. The first-order valence-electron chi connectivity index (χ1n) is 9.93. The predicted molar refractivity (Wildman–Crippen MR) is 120 cm³/mol. The first kappa shape index (κ1) is 20.9. The molecule has 0 spiro atoms. The van der Waals surface area contributed by atoms with E-state index in [1.54, 1.807) is 28.9 Å². The summed E-state index contributed by atoms with van der Waals surface area (Å²) in [5.74, 6) is -0.582. The maximum atomic E-state index is 13.2. The summed E-state index contributed by atoms with van der Waals surface area (Å²) in [6, 6.07) is 4.99. The molecule has 1 atom stereocenters. The molecule has 4 heterocycles. The van der Waals surface area contributed by atoms with Crippen molar-refractivity contribution in [3.8, 4) is 11.4 Å². The smallest absolute Gasteiger partial charge is 0.232 e. The molecule has 9 nitrogen and oxygen atoms in total. The van der Waals surface area contributed by atoms with E-state index in [0.717, 1.165) is 11.3 Å². The van der Waals surface area contributed by atoms with Crippen LogP contribution in [0, 0.1) is 0 Å². The van der Waals surface area contributed by atoms with Gasteiger partial charge < -0.3 is 10.4 Å². The first-order valence-corrected chi connectivity index (χ1v) is 10.7. The van der Waals surface area contributed by atoms with Crippen molar-refractivity contribution in [1.29, 1.82) is 0 Å². The molecule has 0 saturated heterocycles. The Morgan fingerprint density at radius 3 is 2.81 bits per heavy atom. The Balaban J connectivity index is 1.43. The van der Waals surface area contributed by atoms with Gasteiger partial charge in [-0.2, -0.15) is 10.2 Å². The van der Waals surface area contributed by atoms with E-state index in [9.17, 15) is 9.90 Å². The Hall–Kier alpha value is -3.01. The number of aromatic nitrogens is 6. The minimum Gasteiger partial charge on any atom is -0.390 e. The average Bonchev–Trinajstić information content (AvgIpc) is 3.42. The number of halogens is 2. The number of carbonyl (C=O) groups is 1. The van der Waals surface area contributed by atoms with Crippen LogP contribution in [0.1, 0.15) is 43.1 Å². The monoisotopic (exact) mass is 471 g/mol. The number of H-pyrrole nitrogens is 1. The molecule has 4 aromatic rings. The minimum atomic E-state index is -0.406. The quantitative estimate of drug-likeness (QED) is 0.416. The Labute approximate surface area is 192 Å². The topological polar surface area (TPSA) is 121 Å². The maximum absolute atomic E-state index is 13.2. The lowest BCUT2D eigenvalue weighted by atomic mass is 9.88. The van der Waals surface area contributed by atoms with Crippen LogP contribution in [0.4, 0.5) is 5.69 Å². The molecule has 0 fully saturated rings. The molecule has 32 heavy (non-hydrogen) atoms. The van der Waals surface area contributed by atoms with Gasteiger partial charge in [0.1, 0.15) is 11.4 Å². The van der Waals surface area contributed by atoms with E-state index in [-0.39, 0.29) is 17.9 Å². The number of aliphatic hydroxyl groups excluding tert-OH is 1. The maximum Gasteiger partial charge on any atom is 0.232 e. The number of anilines is 1. The lowest BCUT2D eigenvalue weighted by Crippen LogP contribution is -2.21. The number of pyridine rings is 1. The molecule has 11 heteroatoms. The van der Waals surface area contributed by atoms with Gasteiger partial charge in [0, 0.05) is 23.2 Å². The molecule has 4 aromatic heterocycles. The third kappa shape index (κ3) is 3.42. The van der Waals surface area contributed by atoms with Crippen molar-refractivity contribution in [2.75, 3.05) is 5.32 Å². The van der Waals surface area contributed by atoms with Crippen molar-refractivity contribution in [2.24, 2.45) is 0 Å². The molecular weight excluding hydrogens is 453 g/mol. The van der Waals surface area contributed by atoms with Crippen LogP contribution in [0.2, 0.25) is 10.2 Å². The number of aliphatic hydroxyl groups is 1. The zero-order valence-electron chi connectivity index (χ0n) is 17.2. The van der Waals surface area contributed by atoms with E-state index in [0.29, 0.717) is 45.0 Å². The summed E-state index contributed by atoms with van der Waals surface area (Å²) in [5, 5.41) is 24.0. The standard InChI is InChI=1S/C21H19Cl2N7O2/c1-21(2)6-12(13-8-24-17-5-16(23)29-30(17)19(13)21)20(32)26-10-3-14(22)18(25-7-10)15-4-11(9-31)27-28-15/h3-5,7-8,12,31H,6,9H2,1-2H3,(H,26,32)(H,27,28). The van der Waals surface area contributed by atoms with Gasteiger partial charge in [-0.15, -0.1) is 0 Å². The van der Waals surface area contributed by atoms with Gasteiger partial charge >= 0.3 is 0 Å². The molecule has 0 saturated carbocycles. The molecule has 164 valence electrons. The third-order valence-corrected chi connectivity index (χ3v) is 6.15. The molecule has 0 bridgehead atoms. The predicted octanol–water partition coefficient (Wildman–Crippen LogP) is 3.72. The highest BCUT2D eigenvalue weighted by molar-refractivity contribution is 6.33.